The van der Waals surface area contributed by atoms with Gasteiger partial charge in [-0.2, -0.15) is 4.39 Å². The molecule has 2 aromatic carbocycles. The van der Waals surface area contributed by atoms with Gasteiger partial charge in [-0.15, -0.1) is 0 Å². The molecule has 2 aromatic rings. The number of hydrogen-bond donors (Lipinski definition) is 0. The van der Waals surface area contributed by atoms with E-state index in [-0.39, 0.29) is 30.6 Å². The van der Waals surface area contributed by atoms with Crippen LogP contribution in [-0.2, 0) is 23.5 Å². The van der Waals surface area contributed by atoms with E-state index in [9.17, 15) is 4.39 Å². The van der Waals surface area contributed by atoms with E-state index in [0.717, 1.165) is 44.1 Å². The van der Waals surface area contributed by atoms with Gasteiger partial charge in [0.25, 0.3) is 5.92 Å². The highest BCUT2D eigenvalue weighted by molar-refractivity contribution is 5.45. The number of benzene rings is 2. The minimum Gasteiger partial charge on any atom is -0.490 e. The van der Waals surface area contributed by atoms with Crippen molar-refractivity contribution in [1.29, 1.82) is 0 Å². The predicted octanol–water partition coefficient (Wildman–Crippen LogP) is 11.1. The van der Waals surface area contributed by atoms with Crippen molar-refractivity contribution >= 4 is 0 Å². The number of halogens is 6. The van der Waals surface area contributed by atoms with Crippen LogP contribution in [-0.4, -0.2) is 19.8 Å². The van der Waals surface area contributed by atoms with Crippen molar-refractivity contribution in [1.82, 2.24) is 0 Å². The minimum absolute atomic E-state index is 0.0438. The van der Waals surface area contributed by atoms with Gasteiger partial charge in [-0.25, -0.2) is 22.0 Å². The standard InChI is InChI=1S/C36H48F6O2/c1-2-3-21-43-22-11-12-23-44-30-24-27-18-20-29(36(41,42)31(27)35(40)34(30)39)28-19-17-26(32(37)33(28)38)14-10-8-6-4-5-7-9-13-25-15-16-25/h17,19,24-25,29H,2-16,18,20-23H2,1H3. The van der Waals surface area contributed by atoms with E-state index in [2.05, 4.69) is 6.92 Å². The summed E-state index contributed by atoms with van der Waals surface area (Å²) >= 11 is 0. The second kappa shape index (κ2) is 16.9. The summed E-state index contributed by atoms with van der Waals surface area (Å²) in [5.74, 6) is -10.8. The third-order valence-corrected chi connectivity index (χ3v) is 9.13. The molecule has 0 heterocycles. The van der Waals surface area contributed by atoms with Crippen LogP contribution in [0.3, 0.4) is 0 Å². The van der Waals surface area contributed by atoms with E-state index in [0.29, 0.717) is 38.9 Å². The summed E-state index contributed by atoms with van der Waals surface area (Å²) in [6.07, 6.45) is 14.8. The molecule has 44 heavy (non-hydrogen) atoms. The fourth-order valence-electron chi connectivity index (χ4n) is 6.26. The molecule has 1 fully saturated rings. The van der Waals surface area contributed by atoms with Crippen molar-refractivity contribution in [2.75, 3.05) is 19.8 Å². The Morgan fingerprint density at radius 3 is 2.14 bits per heavy atom. The molecule has 0 N–H and O–H groups in total. The van der Waals surface area contributed by atoms with Crippen molar-refractivity contribution in [3.63, 3.8) is 0 Å². The predicted molar refractivity (Wildman–Crippen MR) is 161 cm³/mol. The summed E-state index contributed by atoms with van der Waals surface area (Å²) in [7, 11) is 0. The molecular formula is C36H48F6O2. The van der Waals surface area contributed by atoms with E-state index in [1.54, 1.807) is 0 Å². The van der Waals surface area contributed by atoms with E-state index >= 15 is 22.0 Å². The van der Waals surface area contributed by atoms with Crippen LogP contribution in [0.15, 0.2) is 18.2 Å². The van der Waals surface area contributed by atoms with Gasteiger partial charge in [-0.3, -0.25) is 0 Å². The zero-order chi connectivity index (χ0) is 31.5. The van der Waals surface area contributed by atoms with Gasteiger partial charge in [0.15, 0.2) is 23.2 Å². The van der Waals surface area contributed by atoms with Gasteiger partial charge in [0.05, 0.1) is 18.1 Å². The Morgan fingerprint density at radius 2 is 1.41 bits per heavy atom. The Kier molecular flexibility index (Phi) is 13.3. The average molecular weight is 627 g/mol. The van der Waals surface area contributed by atoms with Crippen molar-refractivity contribution in [3.05, 3.63) is 63.7 Å². The molecule has 2 aliphatic carbocycles. The lowest BCUT2D eigenvalue weighted by molar-refractivity contribution is -0.0485. The highest BCUT2D eigenvalue weighted by atomic mass is 19.3. The molecule has 1 unspecified atom stereocenters. The number of alkyl halides is 2. The Labute approximate surface area is 258 Å². The number of ether oxygens (including phenoxy) is 2. The zero-order valence-electron chi connectivity index (χ0n) is 26.1. The highest BCUT2D eigenvalue weighted by Gasteiger charge is 2.50. The molecule has 246 valence electrons. The Hall–Kier alpha value is -2.22. The second-order valence-electron chi connectivity index (χ2n) is 12.7. The van der Waals surface area contributed by atoms with Gasteiger partial charge in [-0.05, 0) is 68.1 Å². The largest absolute Gasteiger partial charge is 0.490 e. The van der Waals surface area contributed by atoms with Crippen LogP contribution in [0.5, 0.6) is 5.75 Å². The normalized spacial score (nSPS) is 17.6. The first-order chi connectivity index (χ1) is 21.3. The summed E-state index contributed by atoms with van der Waals surface area (Å²) < 4.78 is 102. The molecule has 0 amide bonds. The van der Waals surface area contributed by atoms with Crippen LogP contribution in [0.25, 0.3) is 0 Å². The molecular weight excluding hydrogens is 578 g/mol. The smallest absolute Gasteiger partial charge is 0.283 e. The SMILES string of the molecule is CCCCOCCCCOc1cc2c(c(F)c1F)C(F)(F)C(c1ccc(CCCCCCCCCC3CC3)c(F)c1F)CC2. The van der Waals surface area contributed by atoms with Crippen molar-refractivity contribution < 1.29 is 35.8 Å². The molecule has 0 aliphatic heterocycles. The second-order valence-corrected chi connectivity index (χ2v) is 12.7. The lowest BCUT2D eigenvalue weighted by Crippen LogP contribution is -2.32. The van der Waals surface area contributed by atoms with Crippen molar-refractivity contribution in [3.8, 4) is 5.75 Å². The maximum Gasteiger partial charge on any atom is 0.283 e. The fourth-order valence-corrected chi connectivity index (χ4v) is 6.26. The van der Waals surface area contributed by atoms with E-state index in [1.807, 2.05) is 0 Å². The Bertz CT molecular complexity index is 1200. The molecule has 1 atom stereocenters. The summed E-state index contributed by atoms with van der Waals surface area (Å²) in [6, 6.07) is 3.67. The maximum atomic E-state index is 15.7. The van der Waals surface area contributed by atoms with Gasteiger partial charge in [-0.1, -0.05) is 83.3 Å². The van der Waals surface area contributed by atoms with Crippen LogP contribution < -0.4 is 4.74 Å². The molecule has 0 radical (unpaired) electrons. The number of rotatable bonds is 20. The first-order valence-corrected chi connectivity index (χ1v) is 16.8. The highest BCUT2D eigenvalue weighted by Crippen LogP contribution is 2.52. The number of fused-ring (bicyclic) bond motifs is 1. The minimum atomic E-state index is -3.93. The summed E-state index contributed by atoms with van der Waals surface area (Å²) in [4.78, 5) is 0. The van der Waals surface area contributed by atoms with E-state index in [4.69, 9.17) is 9.47 Å². The molecule has 0 saturated heterocycles. The first kappa shape index (κ1) is 34.6. The quantitative estimate of drug-likeness (QED) is 0.108. The molecule has 4 rings (SSSR count). The number of unbranched alkanes of at least 4 members (excludes halogenated alkanes) is 8. The average Bonchev–Trinajstić information content (AvgIpc) is 3.83. The van der Waals surface area contributed by atoms with E-state index < -0.39 is 52.0 Å². The van der Waals surface area contributed by atoms with Crippen LogP contribution in [0.4, 0.5) is 26.3 Å². The zero-order valence-corrected chi connectivity index (χ0v) is 26.1. The maximum absolute atomic E-state index is 15.7. The summed E-state index contributed by atoms with van der Waals surface area (Å²) in [6.45, 7) is 3.34. The van der Waals surface area contributed by atoms with Crippen LogP contribution in [0.2, 0.25) is 0 Å². The molecule has 8 heteroatoms. The van der Waals surface area contributed by atoms with Gasteiger partial charge in [0.1, 0.15) is 0 Å². The van der Waals surface area contributed by atoms with Crippen molar-refractivity contribution in [2.24, 2.45) is 5.92 Å². The van der Waals surface area contributed by atoms with Gasteiger partial charge < -0.3 is 9.47 Å². The molecule has 0 aromatic heterocycles. The summed E-state index contributed by atoms with van der Waals surface area (Å²) in [5.41, 5.74) is -1.53. The first-order valence-electron chi connectivity index (χ1n) is 16.8. The van der Waals surface area contributed by atoms with Gasteiger partial charge in [0, 0.05) is 18.8 Å². The lowest BCUT2D eigenvalue weighted by atomic mass is 9.76. The van der Waals surface area contributed by atoms with Gasteiger partial charge in [0.2, 0.25) is 5.82 Å². The van der Waals surface area contributed by atoms with Crippen LogP contribution >= 0.6 is 0 Å². The fraction of sp³-hybridized carbons (Fsp3) is 0.667. The van der Waals surface area contributed by atoms with Crippen LogP contribution in [0.1, 0.15) is 131 Å². The number of hydrogen-bond acceptors (Lipinski definition) is 2. The topological polar surface area (TPSA) is 18.5 Å². The molecule has 0 bridgehead atoms. The van der Waals surface area contributed by atoms with E-state index in [1.165, 1.54) is 50.7 Å². The third-order valence-electron chi connectivity index (χ3n) is 9.13. The monoisotopic (exact) mass is 626 g/mol. The Morgan fingerprint density at radius 1 is 0.727 bits per heavy atom. The van der Waals surface area contributed by atoms with Crippen molar-refractivity contribution in [2.45, 2.75) is 128 Å². The van der Waals surface area contributed by atoms with Crippen LogP contribution in [0, 0.1) is 29.2 Å². The number of aryl methyl sites for hydroxylation is 2. The molecule has 0 spiro atoms. The molecule has 2 aliphatic rings. The lowest BCUT2D eigenvalue weighted by Gasteiger charge is -2.34. The summed E-state index contributed by atoms with van der Waals surface area (Å²) in [5, 5.41) is 0. The third kappa shape index (κ3) is 9.17. The molecule has 2 nitrogen and oxygen atoms in total. The Balaban J connectivity index is 1.31. The van der Waals surface area contributed by atoms with Gasteiger partial charge >= 0.3 is 0 Å². The molecule has 1 saturated carbocycles.